The van der Waals surface area contributed by atoms with Crippen molar-refractivity contribution in [3.8, 4) is 0 Å². The third-order valence-corrected chi connectivity index (χ3v) is 9.49. The summed E-state index contributed by atoms with van der Waals surface area (Å²) in [5.74, 6) is -0.876. The van der Waals surface area contributed by atoms with Crippen LogP contribution < -0.4 is 4.89 Å². The summed E-state index contributed by atoms with van der Waals surface area (Å²) >= 11 is 0. The minimum Gasteiger partial charge on any atom is -0.756 e. The number of rotatable bonds is 37. The summed E-state index contributed by atoms with van der Waals surface area (Å²) < 4.78 is 33.8. The molecule has 312 valence electrons. The van der Waals surface area contributed by atoms with E-state index in [1.807, 2.05) is 21.1 Å². The molecule has 0 N–H and O–H groups in total. The van der Waals surface area contributed by atoms with E-state index in [1.165, 1.54) is 25.7 Å². The Balaban J connectivity index is 4.45. The molecular formula is C44H78NO8P. The van der Waals surface area contributed by atoms with E-state index in [0.717, 1.165) is 89.9 Å². The molecule has 0 amide bonds. The van der Waals surface area contributed by atoms with Crippen LogP contribution in [0.1, 0.15) is 155 Å². The first kappa shape index (κ1) is 51.7. The zero-order chi connectivity index (χ0) is 40.0. The minimum absolute atomic E-state index is 0.0394. The van der Waals surface area contributed by atoms with Crippen LogP contribution in [0.3, 0.4) is 0 Å². The predicted molar refractivity (Wildman–Crippen MR) is 222 cm³/mol. The van der Waals surface area contributed by atoms with Crippen molar-refractivity contribution in [2.45, 2.75) is 161 Å². The average molecular weight is 780 g/mol. The van der Waals surface area contributed by atoms with Crippen LogP contribution in [0.2, 0.25) is 0 Å². The summed E-state index contributed by atoms with van der Waals surface area (Å²) in [6.07, 6.45) is 42.4. The van der Waals surface area contributed by atoms with E-state index in [9.17, 15) is 19.0 Å². The molecule has 9 nitrogen and oxygen atoms in total. The van der Waals surface area contributed by atoms with Crippen molar-refractivity contribution < 1.29 is 42.1 Å². The monoisotopic (exact) mass is 780 g/mol. The Labute approximate surface area is 330 Å². The fourth-order valence-electron chi connectivity index (χ4n) is 5.23. The zero-order valence-corrected chi connectivity index (χ0v) is 35.8. The van der Waals surface area contributed by atoms with Gasteiger partial charge in [-0.25, -0.2) is 0 Å². The van der Waals surface area contributed by atoms with E-state index in [0.29, 0.717) is 23.9 Å². The standard InChI is InChI=1S/C44H78NO8P/c1-6-8-10-12-14-16-18-20-22-24-26-28-30-32-34-36-43(46)50-40-42(41-52-54(48,49)51-39-38-45(3,4)5)53-44(47)37-35-33-31-29-27-25-23-21-19-17-15-13-11-9-7-2/h8,10,14-17,20-23,42H,6-7,9,11-13,18-19,24-41H2,1-5H3/b10-8-,16-14-,17-15-,22-20-,23-21-/t42-/m1/s1. The number of allylic oxidation sites excluding steroid dienone is 10. The van der Waals surface area contributed by atoms with Gasteiger partial charge in [0.25, 0.3) is 7.82 Å². The smallest absolute Gasteiger partial charge is 0.306 e. The van der Waals surface area contributed by atoms with Gasteiger partial charge in [-0.3, -0.25) is 14.2 Å². The summed E-state index contributed by atoms with van der Waals surface area (Å²) in [6, 6.07) is 0. The molecule has 0 saturated carbocycles. The van der Waals surface area contributed by atoms with Gasteiger partial charge < -0.3 is 27.9 Å². The summed E-state index contributed by atoms with van der Waals surface area (Å²) in [5.41, 5.74) is 0. The Kier molecular flexibility index (Phi) is 34.8. The number of carbonyl (C=O) groups excluding carboxylic acids is 2. The predicted octanol–water partition coefficient (Wildman–Crippen LogP) is 11.1. The van der Waals surface area contributed by atoms with E-state index in [4.69, 9.17) is 18.5 Å². The summed E-state index contributed by atoms with van der Waals surface area (Å²) in [5, 5.41) is 0. The average Bonchev–Trinajstić information content (AvgIpc) is 3.12. The minimum atomic E-state index is -4.63. The zero-order valence-electron chi connectivity index (χ0n) is 34.9. The van der Waals surface area contributed by atoms with Crippen molar-refractivity contribution >= 4 is 19.8 Å². The van der Waals surface area contributed by atoms with E-state index >= 15 is 0 Å². The maximum absolute atomic E-state index is 12.6. The van der Waals surface area contributed by atoms with Gasteiger partial charge in [-0.1, -0.05) is 126 Å². The first-order valence-corrected chi connectivity index (χ1v) is 22.5. The number of carbonyl (C=O) groups is 2. The largest absolute Gasteiger partial charge is 0.756 e. The number of hydrogen-bond acceptors (Lipinski definition) is 8. The lowest BCUT2D eigenvalue weighted by Gasteiger charge is -2.28. The Bertz CT molecular complexity index is 1110. The molecule has 0 aromatic carbocycles. The second-order valence-corrected chi connectivity index (χ2v) is 16.4. The molecule has 0 aliphatic heterocycles. The lowest BCUT2D eigenvalue weighted by atomic mass is 10.1. The molecule has 2 atom stereocenters. The van der Waals surface area contributed by atoms with E-state index in [2.05, 4.69) is 74.6 Å². The maximum Gasteiger partial charge on any atom is 0.306 e. The molecule has 0 aromatic rings. The highest BCUT2D eigenvalue weighted by atomic mass is 31.2. The molecule has 54 heavy (non-hydrogen) atoms. The summed E-state index contributed by atoms with van der Waals surface area (Å²) in [7, 11) is 1.13. The van der Waals surface area contributed by atoms with Crippen LogP contribution in [0.15, 0.2) is 60.8 Å². The highest BCUT2D eigenvalue weighted by Gasteiger charge is 2.21. The quantitative estimate of drug-likeness (QED) is 0.0201. The molecule has 0 radical (unpaired) electrons. The number of nitrogens with zero attached hydrogens (tertiary/aromatic N) is 1. The van der Waals surface area contributed by atoms with Crippen LogP contribution in [0.25, 0.3) is 0 Å². The summed E-state index contributed by atoms with van der Waals surface area (Å²) in [6.45, 7) is 4.03. The topological polar surface area (TPSA) is 111 Å². The van der Waals surface area contributed by atoms with Crippen LogP contribution in [0, 0.1) is 0 Å². The van der Waals surface area contributed by atoms with Crippen LogP contribution in [0.4, 0.5) is 0 Å². The van der Waals surface area contributed by atoms with Crippen molar-refractivity contribution in [1.82, 2.24) is 0 Å². The SMILES string of the molecule is CC/C=C\C/C=C\C/C=C\CCCCCCCC(=O)OC[C@H](COP(=O)([O-])OCC[N+](C)(C)C)OC(=O)CCCCCCC/C=C\C/C=C\CCCCC. The van der Waals surface area contributed by atoms with Crippen molar-refractivity contribution in [2.24, 2.45) is 0 Å². The fraction of sp³-hybridized carbons (Fsp3) is 0.727. The highest BCUT2D eigenvalue weighted by molar-refractivity contribution is 7.45. The van der Waals surface area contributed by atoms with Gasteiger partial charge in [0.05, 0.1) is 27.7 Å². The lowest BCUT2D eigenvalue weighted by molar-refractivity contribution is -0.870. The van der Waals surface area contributed by atoms with Gasteiger partial charge in [0.15, 0.2) is 6.10 Å². The Morgan fingerprint density at radius 2 is 1.06 bits per heavy atom. The van der Waals surface area contributed by atoms with Crippen LogP contribution in [-0.2, 0) is 32.7 Å². The number of likely N-dealkylation sites (N-methyl/N-ethyl adjacent to an activating group) is 1. The lowest BCUT2D eigenvalue weighted by Crippen LogP contribution is -2.37. The van der Waals surface area contributed by atoms with E-state index in [-0.39, 0.29) is 26.1 Å². The number of phosphoric acid groups is 1. The Morgan fingerprint density at radius 1 is 0.593 bits per heavy atom. The number of ether oxygens (including phenoxy) is 2. The third-order valence-electron chi connectivity index (χ3n) is 8.52. The molecule has 0 rings (SSSR count). The number of hydrogen-bond donors (Lipinski definition) is 0. The first-order chi connectivity index (χ1) is 26.0. The van der Waals surface area contributed by atoms with Gasteiger partial charge in [0.1, 0.15) is 19.8 Å². The molecular weight excluding hydrogens is 701 g/mol. The third kappa shape index (κ3) is 39.4. The normalized spacial score (nSPS) is 14.3. The number of quaternary nitrogens is 1. The van der Waals surface area contributed by atoms with Gasteiger partial charge in [-0.05, 0) is 77.0 Å². The van der Waals surface area contributed by atoms with Crippen LogP contribution >= 0.6 is 7.82 Å². The van der Waals surface area contributed by atoms with Gasteiger partial charge in [0, 0.05) is 12.8 Å². The van der Waals surface area contributed by atoms with Gasteiger partial charge in [-0.15, -0.1) is 0 Å². The number of unbranched alkanes of at least 4 members (excludes halogenated alkanes) is 13. The van der Waals surface area contributed by atoms with E-state index in [1.54, 1.807) is 0 Å². The molecule has 0 heterocycles. The van der Waals surface area contributed by atoms with Crippen LogP contribution in [-0.4, -0.2) is 70.0 Å². The molecule has 0 bridgehead atoms. The van der Waals surface area contributed by atoms with Gasteiger partial charge in [-0.2, -0.15) is 0 Å². The summed E-state index contributed by atoms with van der Waals surface area (Å²) in [4.78, 5) is 37.5. The van der Waals surface area contributed by atoms with Gasteiger partial charge in [0.2, 0.25) is 0 Å². The second-order valence-electron chi connectivity index (χ2n) is 15.0. The van der Waals surface area contributed by atoms with Gasteiger partial charge >= 0.3 is 11.9 Å². The molecule has 0 spiro atoms. The molecule has 0 aliphatic carbocycles. The molecule has 10 heteroatoms. The highest BCUT2D eigenvalue weighted by Crippen LogP contribution is 2.38. The maximum atomic E-state index is 12.6. The van der Waals surface area contributed by atoms with E-state index < -0.39 is 32.5 Å². The fourth-order valence-corrected chi connectivity index (χ4v) is 5.96. The number of esters is 2. The molecule has 0 saturated heterocycles. The van der Waals surface area contributed by atoms with Crippen molar-refractivity contribution in [1.29, 1.82) is 0 Å². The Hall–Kier alpha value is -2.29. The first-order valence-electron chi connectivity index (χ1n) is 21.0. The second kappa shape index (κ2) is 36.4. The Morgan fingerprint density at radius 3 is 1.57 bits per heavy atom. The molecule has 0 aromatic heterocycles. The van der Waals surface area contributed by atoms with Crippen LogP contribution in [0.5, 0.6) is 0 Å². The van der Waals surface area contributed by atoms with Crippen molar-refractivity contribution in [3.63, 3.8) is 0 Å². The molecule has 0 fully saturated rings. The molecule has 0 aliphatic rings. The molecule has 1 unspecified atom stereocenters. The van der Waals surface area contributed by atoms with Crippen molar-refractivity contribution in [2.75, 3.05) is 47.5 Å². The number of phosphoric ester groups is 1. The van der Waals surface area contributed by atoms with Crippen molar-refractivity contribution in [3.05, 3.63) is 60.8 Å².